The van der Waals surface area contributed by atoms with Crippen molar-refractivity contribution in [2.24, 2.45) is 0 Å². The topological polar surface area (TPSA) is 58.6 Å². The van der Waals surface area contributed by atoms with Gasteiger partial charge >= 0.3 is 0 Å². The van der Waals surface area contributed by atoms with E-state index in [2.05, 4.69) is 4.72 Å². The third kappa shape index (κ3) is 3.16. The maximum atomic E-state index is 11.9. The fourth-order valence-electron chi connectivity index (χ4n) is 2.20. The Bertz CT molecular complexity index is 306. The van der Waals surface area contributed by atoms with Crippen molar-refractivity contribution in [2.75, 3.05) is 26.2 Å². The zero-order chi connectivity index (χ0) is 11.4. The van der Waals surface area contributed by atoms with E-state index in [9.17, 15) is 8.42 Å². The molecule has 6 heteroatoms. The van der Waals surface area contributed by atoms with E-state index in [1.165, 1.54) is 0 Å². The molecule has 2 heterocycles. The van der Waals surface area contributed by atoms with Crippen LogP contribution in [-0.2, 0) is 14.9 Å². The zero-order valence-corrected chi connectivity index (χ0v) is 10.3. The third-order valence-corrected chi connectivity index (χ3v) is 4.75. The molecule has 2 fully saturated rings. The van der Waals surface area contributed by atoms with E-state index >= 15 is 0 Å². The summed E-state index contributed by atoms with van der Waals surface area (Å²) < 4.78 is 33.4. The van der Waals surface area contributed by atoms with Gasteiger partial charge in [-0.1, -0.05) is 6.42 Å². The predicted octanol–water partition coefficient (Wildman–Crippen LogP) is 0.486. The second kappa shape index (κ2) is 5.44. The van der Waals surface area contributed by atoms with Crippen molar-refractivity contribution < 1.29 is 13.2 Å². The van der Waals surface area contributed by atoms with Gasteiger partial charge in [0.2, 0.25) is 0 Å². The van der Waals surface area contributed by atoms with Crippen LogP contribution in [0, 0.1) is 0 Å². The van der Waals surface area contributed by atoms with Crippen LogP contribution in [0.15, 0.2) is 0 Å². The van der Waals surface area contributed by atoms with Crippen LogP contribution in [0.3, 0.4) is 0 Å². The molecule has 0 radical (unpaired) electrons. The summed E-state index contributed by atoms with van der Waals surface area (Å²) in [6.07, 6.45) is 5.15. The average molecular weight is 248 g/mol. The number of rotatable bonds is 4. The van der Waals surface area contributed by atoms with E-state index in [0.717, 1.165) is 38.7 Å². The Morgan fingerprint density at radius 2 is 1.94 bits per heavy atom. The van der Waals surface area contributed by atoms with Crippen LogP contribution < -0.4 is 4.72 Å². The SMILES string of the molecule is O=S(=O)(NCC1CCCO1)N1CCCCC1. The smallest absolute Gasteiger partial charge is 0.279 e. The minimum absolute atomic E-state index is 0.0690. The molecule has 2 aliphatic rings. The lowest BCUT2D eigenvalue weighted by Crippen LogP contribution is -2.45. The Morgan fingerprint density at radius 3 is 2.56 bits per heavy atom. The molecule has 0 aliphatic carbocycles. The summed E-state index contributed by atoms with van der Waals surface area (Å²) in [6.45, 7) is 2.48. The highest BCUT2D eigenvalue weighted by molar-refractivity contribution is 7.87. The average Bonchev–Trinajstić information content (AvgIpc) is 2.81. The van der Waals surface area contributed by atoms with Gasteiger partial charge in [0.25, 0.3) is 10.2 Å². The first-order valence-electron chi connectivity index (χ1n) is 6.05. The lowest BCUT2D eigenvalue weighted by Gasteiger charge is -2.26. The van der Waals surface area contributed by atoms with Crippen molar-refractivity contribution >= 4 is 10.2 Å². The molecule has 0 spiro atoms. The van der Waals surface area contributed by atoms with Gasteiger partial charge in [0.1, 0.15) is 0 Å². The quantitative estimate of drug-likeness (QED) is 0.787. The van der Waals surface area contributed by atoms with Gasteiger partial charge in [0.15, 0.2) is 0 Å². The molecule has 0 amide bonds. The highest BCUT2D eigenvalue weighted by Gasteiger charge is 2.25. The molecule has 0 aromatic carbocycles. The van der Waals surface area contributed by atoms with Crippen LogP contribution in [0.1, 0.15) is 32.1 Å². The zero-order valence-electron chi connectivity index (χ0n) is 9.52. The Kier molecular flexibility index (Phi) is 4.18. The fraction of sp³-hybridized carbons (Fsp3) is 1.00. The minimum atomic E-state index is -3.27. The minimum Gasteiger partial charge on any atom is -0.377 e. The van der Waals surface area contributed by atoms with Crippen LogP contribution in [0.5, 0.6) is 0 Å². The van der Waals surface area contributed by atoms with Gasteiger partial charge < -0.3 is 4.74 Å². The van der Waals surface area contributed by atoms with Crippen LogP contribution in [-0.4, -0.2) is 45.1 Å². The second-order valence-corrected chi connectivity index (χ2v) is 6.20. The van der Waals surface area contributed by atoms with Crippen molar-refractivity contribution in [3.05, 3.63) is 0 Å². The fourth-order valence-corrected chi connectivity index (χ4v) is 3.52. The molecule has 1 N–H and O–H groups in total. The van der Waals surface area contributed by atoms with Gasteiger partial charge in [-0.25, -0.2) is 0 Å². The number of hydrogen-bond donors (Lipinski definition) is 1. The van der Waals surface area contributed by atoms with Crippen molar-refractivity contribution in [3.63, 3.8) is 0 Å². The molecule has 1 atom stereocenters. The van der Waals surface area contributed by atoms with E-state index in [4.69, 9.17) is 4.74 Å². The summed E-state index contributed by atoms with van der Waals surface area (Å²) in [6, 6.07) is 0. The standard InChI is InChI=1S/C10H20N2O3S/c13-16(14,12-6-2-1-3-7-12)11-9-10-5-4-8-15-10/h10-11H,1-9H2. The third-order valence-electron chi connectivity index (χ3n) is 3.17. The summed E-state index contributed by atoms with van der Waals surface area (Å²) in [5.41, 5.74) is 0. The molecule has 16 heavy (non-hydrogen) atoms. The second-order valence-electron chi connectivity index (χ2n) is 4.45. The number of nitrogens with one attached hydrogen (secondary N) is 1. The highest BCUT2D eigenvalue weighted by Crippen LogP contribution is 2.14. The van der Waals surface area contributed by atoms with Crippen LogP contribution in [0.4, 0.5) is 0 Å². The Labute approximate surface area is 97.3 Å². The molecule has 2 aliphatic heterocycles. The molecule has 0 aromatic rings. The molecule has 1 unspecified atom stereocenters. The summed E-state index contributed by atoms with van der Waals surface area (Å²) >= 11 is 0. The van der Waals surface area contributed by atoms with Gasteiger partial charge in [-0.2, -0.15) is 17.4 Å². The molecule has 2 rings (SSSR count). The monoisotopic (exact) mass is 248 g/mol. The van der Waals surface area contributed by atoms with E-state index in [1.54, 1.807) is 4.31 Å². The van der Waals surface area contributed by atoms with E-state index < -0.39 is 10.2 Å². The molecule has 5 nitrogen and oxygen atoms in total. The van der Waals surface area contributed by atoms with Crippen molar-refractivity contribution in [3.8, 4) is 0 Å². The van der Waals surface area contributed by atoms with Gasteiger partial charge in [0.05, 0.1) is 6.10 Å². The Hall–Kier alpha value is -0.170. The van der Waals surface area contributed by atoms with Crippen molar-refractivity contribution in [2.45, 2.75) is 38.2 Å². The first kappa shape index (κ1) is 12.3. The van der Waals surface area contributed by atoms with Gasteiger partial charge in [0, 0.05) is 26.2 Å². The van der Waals surface area contributed by atoms with E-state index in [1.807, 2.05) is 0 Å². The van der Waals surface area contributed by atoms with Gasteiger partial charge in [-0.3, -0.25) is 0 Å². The molecular weight excluding hydrogens is 228 g/mol. The number of hydrogen-bond acceptors (Lipinski definition) is 3. The van der Waals surface area contributed by atoms with E-state index in [0.29, 0.717) is 19.6 Å². The largest absolute Gasteiger partial charge is 0.377 e. The molecule has 2 saturated heterocycles. The first-order chi connectivity index (χ1) is 7.68. The molecular formula is C10H20N2O3S. The first-order valence-corrected chi connectivity index (χ1v) is 7.49. The molecule has 94 valence electrons. The Balaban J connectivity index is 1.81. The number of ether oxygens (including phenoxy) is 1. The summed E-state index contributed by atoms with van der Waals surface area (Å²) in [5, 5.41) is 0. The molecule has 0 bridgehead atoms. The van der Waals surface area contributed by atoms with Gasteiger partial charge in [-0.15, -0.1) is 0 Å². The van der Waals surface area contributed by atoms with Crippen LogP contribution in [0.2, 0.25) is 0 Å². The Morgan fingerprint density at radius 1 is 1.19 bits per heavy atom. The maximum Gasteiger partial charge on any atom is 0.279 e. The van der Waals surface area contributed by atoms with Crippen LogP contribution in [0.25, 0.3) is 0 Å². The maximum absolute atomic E-state index is 11.9. The summed E-state index contributed by atoms with van der Waals surface area (Å²) in [4.78, 5) is 0. The predicted molar refractivity (Wildman–Crippen MR) is 61.3 cm³/mol. The van der Waals surface area contributed by atoms with Crippen LogP contribution >= 0.6 is 0 Å². The van der Waals surface area contributed by atoms with E-state index in [-0.39, 0.29) is 6.10 Å². The lowest BCUT2D eigenvalue weighted by molar-refractivity contribution is 0.114. The lowest BCUT2D eigenvalue weighted by atomic mass is 10.2. The highest BCUT2D eigenvalue weighted by atomic mass is 32.2. The number of piperidine rings is 1. The molecule has 0 saturated carbocycles. The van der Waals surface area contributed by atoms with Crippen molar-refractivity contribution in [1.29, 1.82) is 0 Å². The normalized spacial score (nSPS) is 28.4. The summed E-state index contributed by atoms with van der Waals surface area (Å²) in [5.74, 6) is 0. The summed E-state index contributed by atoms with van der Waals surface area (Å²) in [7, 11) is -3.27. The van der Waals surface area contributed by atoms with Gasteiger partial charge in [-0.05, 0) is 25.7 Å². The molecule has 0 aromatic heterocycles. The van der Waals surface area contributed by atoms with Crippen molar-refractivity contribution in [1.82, 2.24) is 9.03 Å². The number of nitrogens with zero attached hydrogens (tertiary/aromatic N) is 1.